The molecule has 1 atom stereocenters. The van der Waals surface area contributed by atoms with Gasteiger partial charge in [0.2, 0.25) is 0 Å². The van der Waals surface area contributed by atoms with Crippen LogP contribution in [0, 0.1) is 11.3 Å². The fourth-order valence-corrected chi connectivity index (χ4v) is 1.95. The van der Waals surface area contributed by atoms with Gasteiger partial charge in [0.05, 0.1) is 30.2 Å². The summed E-state index contributed by atoms with van der Waals surface area (Å²) in [6.45, 7) is 11.8. The molecule has 1 aliphatic heterocycles. The van der Waals surface area contributed by atoms with Crippen LogP contribution in [0.3, 0.4) is 0 Å². The molecule has 0 spiro atoms. The number of fused-ring (bicyclic) bond motifs is 1. The first-order valence-electron chi connectivity index (χ1n) is 7.72. The largest absolute Gasteiger partial charge is 0.369 e. The third-order valence-electron chi connectivity index (χ3n) is 3.09. The molecule has 1 aromatic rings. The molecule has 1 aliphatic rings. The average Bonchev–Trinajstić information content (AvgIpc) is 2.99. The Morgan fingerprint density at radius 1 is 1.50 bits per heavy atom. The van der Waals surface area contributed by atoms with Crippen molar-refractivity contribution in [3.63, 3.8) is 0 Å². The third kappa shape index (κ3) is 6.24. The van der Waals surface area contributed by atoms with Gasteiger partial charge in [0, 0.05) is 0 Å². The van der Waals surface area contributed by atoms with E-state index in [0.29, 0.717) is 18.6 Å². The van der Waals surface area contributed by atoms with Gasteiger partial charge in [0.1, 0.15) is 0 Å². The second kappa shape index (κ2) is 11.7. The minimum absolute atomic E-state index is 0.0324. The Balaban J connectivity index is 0.000000470. The van der Waals surface area contributed by atoms with E-state index in [-0.39, 0.29) is 11.9 Å². The summed E-state index contributed by atoms with van der Waals surface area (Å²) in [7, 11) is 0. The number of nitrogens with zero attached hydrogens (tertiary/aromatic N) is 1. The summed E-state index contributed by atoms with van der Waals surface area (Å²) in [5, 5.41) is 8.73. The second-order valence-electron chi connectivity index (χ2n) is 4.44. The lowest BCUT2D eigenvalue weighted by Gasteiger charge is -2.07. The number of nitriles is 1. The predicted molar refractivity (Wildman–Crippen MR) is 90.0 cm³/mol. The lowest BCUT2D eigenvalue weighted by atomic mass is 10.0. The Labute approximate surface area is 133 Å². The maximum Gasteiger partial charge on any atom is 0.0991 e. The molecule has 0 fully saturated rings. The van der Waals surface area contributed by atoms with Crippen LogP contribution < -0.4 is 0 Å². The summed E-state index contributed by atoms with van der Waals surface area (Å²) in [6, 6.07) is 7.85. The van der Waals surface area contributed by atoms with Crippen LogP contribution in [-0.2, 0) is 11.3 Å². The Kier molecular flexibility index (Phi) is 10.7. The summed E-state index contributed by atoms with van der Waals surface area (Å²) in [5.41, 5.74) is 3.03. The van der Waals surface area contributed by atoms with Gasteiger partial charge in [-0.1, -0.05) is 39.0 Å². The number of hydrogen-bond acceptors (Lipinski definition) is 2. The van der Waals surface area contributed by atoms with Gasteiger partial charge in [-0.3, -0.25) is 0 Å². The summed E-state index contributed by atoms with van der Waals surface area (Å²) in [4.78, 5) is 0. The second-order valence-corrected chi connectivity index (χ2v) is 4.44. The van der Waals surface area contributed by atoms with Crippen LogP contribution in [0.15, 0.2) is 42.8 Å². The molecule has 0 saturated carbocycles. The van der Waals surface area contributed by atoms with Crippen LogP contribution in [0.5, 0.6) is 0 Å². The smallest absolute Gasteiger partial charge is 0.0991 e. The minimum Gasteiger partial charge on any atom is -0.369 e. The predicted octanol–water partition coefficient (Wildman–Crippen LogP) is 6.00. The Hall–Kier alpha value is -1.92. The topological polar surface area (TPSA) is 33.0 Å². The zero-order chi connectivity index (χ0) is 17.0. The summed E-state index contributed by atoms with van der Waals surface area (Å²) < 4.78 is 17.3. The third-order valence-corrected chi connectivity index (χ3v) is 3.09. The van der Waals surface area contributed by atoms with Crippen molar-refractivity contribution in [1.82, 2.24) is 0 Å². The molecule has 0 amide bonds. The molecule has 0 saturated heterocycles. The van der Waals surface area contributed by atoms with E-state index >= 15 is 0 Å². The number of allylic oxidation sites excluding steroid dienone is 2. The molecular formula is C19H26FNO. The highest BCUT2D eigenvalue weighted by atomic mass is 19.1. The number of hydrogen-bond donors (Lipinski definition) is 0. The van der Waals surface area contributed by atoms with E-state index in [0.717, 1.165) is 12.0 Å². The lowest BCUT2D eigenvalue weighted by molar-refractivity contribution is 0.0685. The van der Waals surface area contributed by atoms with Crippen molar-refractivity contribution < 1.29 is 9.13 Å². The molecular weight excluding hydrogens is 277 g/mol. The van der Waals surface area contributed by atoms with E-state index in [1.54, 1.807) is 13.8 Å². The van der Waals surface area contributed by atoms with Crippen molar-refractivity contribution in [2.24, 2.45) is 0 Å². The van der Waals surface area contributed by atoms with Gasteiger partial charge >= 0.3 is 0 Å². The van der Waals surface area contributed by atoms with Gasteiger partial charge in [0.15, 0.2) is 0 Å². The van der Waals surface area contributed by atoms with E-state index in [2.05, 4.69) is 12.6 Å². The van der Waals surface area contributed by atoms with E-state index in [9.17, 15) is 4.39 Å². The molecule has 0 radical (unpaired) electrons. The number of halogens is 1. The maximum atomic E-state index is 11.7. The van der Waals surface area contributed by atoms with Crippen LogP contribution in [0.4, 0.5) is 4.39 Å². The first-order chi connectivity index (χ1) is 10.7. The molecule has 1 unspecified atom stereocenters. The van der Waals surface area contributed by atoms with Crippen molar-refractivity contribution in [2.45, 2.75) is 53.2 Å². The van der Waals surface area contributed by atoms with Crippen molar-refractivity contribution in [1.29, 1.82) is 5.26 Å². The fraction of sp³-hybridized carbons (Fsp3) is 0.421. The van der Waals surface area contributed by atoms with Crippen LogP contribution in [-0.4, -0.2) is 0 Å². The first-order valence-corrected chi connectivity index (χ1v) is 7.72. The van der Waals surface area contributed by atoms with E-state index in [1.807, 2.05) is 38.1 Å². The summed E-state index contributed by atoms with van der Waals surface area (Å²) in [6.07, 6.45) is 4.82. The monoisotopic (exact) mass is 303 g/mol. The molecule has 22 heavy (non-hydrogen) atoms. The molecule has 0 bridgehead atoms. The van der Waals surface area contributed by atoms with Gasteiger partial charge in [-0.05, 0) is 43.0 Å². The SMILES string of the molecule is C/C=C(/F)CC.C=CCC1OCc2cc(C#N)ccc21.CC. The first kappa shape index (κ1) is 20.1. The number of benzene rings is 1. The highest BCUT2D eigenvalue weighted by molar-refractivity contribution is 5.40. The highest BCUT2D eigenvalue weighted by Gasteiger charge is 2.21. The maximum absolute atomic E-state index is 11.7. The molecule has 0 aliphatic carbocycles. The van der Waals surface area contributed by atoms with E-state index in [4.69, 9.17) is 10.00 Å². The Morgan fingerprint density at radius 3 is 2.64 bits per heavy atom. The lowest BCUT2D eigenvalue weighted by Crippen LogP contribution is -1.93. The highest BCUT2D eigenvalue weighted by Crippen LogP contribution is 2.33. The van der Waals surface area contributed by atoms with Crippen LogP contribution in [0.25, 0.3) is 0 Å². The van der Waals surface area contributed by atoms with Crippen LogP contribution in [0.2, 0.25) is 0 Å². The molecule has 2 nitrogen and oxygen atoms in total. The molecule has 0 aromatic heterocycles. The van der Waals surface area contributed by atoms with Crippen molar-refractivity contribution in [3.8, 4) is 6.07 Å². The number of rotatable bonds is 3. The quantitative estimate of drug-likeness (QED) is 0.641. The van der Waals surface area contributed by atoms with Gasteiger partial charge in [-0.25, -0.2) is 4.39 Å². The van der Waals surface area contributed by atoms with Crippen LogP contribution >= 0.6 is 0 Å². The van der Waals surface area contributed by atoms with E-state index < -0.39 is 0 Å². The van der Waals surface area contributed by atoms with Crippen LogP contribution in [0.1, 0.15) is 63.3 Å². The fourth-order valence-electron chi connectivity index (χ4n) is 1.95. The Morgan fingerprint density at radius 2 is 2.18 bits per heavy atom. The molecule has 120 valence electrons. The van der Waals surface area contributed by atoms with Gasteiger partial charge in [-0.15, -0.1) is 6.58 Å². The number of ether oxygens (including phenoxy) is 1. The van der Waals surface area contributed by atoms with Gasteiger partial charge < -0.3 is 4.74 Å². The van der Waals surface area contributed by atoms with Gasteiger partial charge in [0.25, 0.3) is 0 Å². The summed E-state index contributed by atoms with van der Waals surface area (Å²) >= 11 is 0. The summed E-state index contributed by atoms with van der Waals surface area (Å²) in [5.74, 6) is -0.0324. The van der Waals surface area contributed by atoms with Crippen molar-refractivity contribution in [2.75, 3.05) is 0 Å². The molecule has 2 rings (SSSR count). The minimum atomic E-state index is -0.0324. The zero-order valence-corrected chi connectivity index (χ0v) is 14.0. The normalized spacial score (nSPS) is 15.5. The van der Waals surface area contributed by atoms with Gasteiger partial charge in [-0.2, -0.15) is 5.26 Å². The molecule has 1 heterocycles. The Bertz CT molecular complexity index is 529. The average molecular weight is 303 g/mol. The van der Waals surface area contributed by atoms with E-state index in [1.165, 1.54) is 11.6 Å². The molecule has 3 heteroatoms. The molecule has 1 aromatic carbocycles. The van der Waals surface area contributed by atoms with Crippen molar-refractivity contribution in [3.05, 3.63) is 59.4 Å². The zero-order valence-electron chi connectivity index (χ0n) is 14.0. The standard InChI is InChI=1S/C12H11NO.C5H9F.C2H6/c1-2-3-12-11-5-4-9(7-13)6-10(11)8-14-12;1-3-5(6)4-2;1-2/h2,4-6,12H,1,3,8H2;3H,4H2,1-2H3;1-2H3/b;5-3+;. The molecule has 0 N–H and O–H groups in total. The van der Waals surface area contributed by atoms with Crippen molar-refractivity contribution >= 4 is 0 Å².